The van der Waals surface area contributed by atoms with Crippen LogP contribution >= 0.6 is 11.6 Å². The number of methoxy groups -OCH3 is 1. The Morgan fingerprint density at radius 1 is 1.22 bits per heavy atom. The fraction of sp³-hybridized carbons (Fsp3) is 0.571. The summed E-state index contributed by atoms with van der Waals surface area (Å²) in [5.41, 5.74) is 0.171. The fourth-order valence-corrected chi connectivity index (χ4v) is 2.48. The molecule has 0 unspecified atom stereocenters. The van der Waals surface area contributed by atoms with Crippen LogP contribution in [0.4, 0.5) is 0 Å². The quantitative estimate of drug-likeness (QED) is 0.610. The molecule has 18 heavy (non-hydrogen) atoms. The van der Waals surface area contributed by atoms with E-state index in [1.54, 1.807) is 7.11 Å². The van der Waals surface area contributed by atoms with Crippen molar-refractivity contribution < 1.29 is 9.47 Å². The van der Waals surface area contributed by atoms with Crippen molar-refractivity contribution in [3.63, 3.8) is 0 Å². The summed E-state index contributed by atoms with van der Waals surface area (Å²) in [6, 6.07) is 7.63. The Hall–Kier alpha value is -0.930. The van der Waals surface area contributed by atoms with Gasteiger partial charge in [0.2, 0.25) is 0 Å². The lowest BCUT2D eigenvalue weighted by Gasteiger charge is -2.41. The van der Waals surface area contributed by atoms with Crippen LogP contribution in [0.25, 0.3) is 0 Å². The Bertz CT molecular complexity index is 357. The van der Waals surface area contributed by atoms with Gasteiger partial charge in [-0.25, -0.2) is 0 Å². The van der Waals surface area contributed by atoms with Gasteiger partial charge in [-0.05, 0) is 43.5 Å². The van der Waals surface area contributed by atoms with E-state index in [1.165, 1.54) is 19.3 Å². The molecule has 3 nitrogen and oxygen atoms in total. The van der Waals surface area contributed by atoms with Crippen LogP contribution in [-0.2, 0) is 0 Å². The first-order chi connectivity index (χ1) is 8.78. The van der Waals surface area contributed by atoms with Gasteiger partial charge in [-0.1, -0.05) is 0 Å². The molecule has 0 aliphatic heterocycles. The van der Waals surface area contributed by atoms with Crippen LogP contribution in [0.3, 0.4) is 0 Å². The summed E-state index contributed by atoms with van der Waals surface area (Å²) in [6.45, 7) is 1.49. The molecule has 0 atom stereocenters. The molecular weight excluding hydrogens is 250 g/mol. The normalized spacial score (nSPS) is 17.0. The zero-order valence-corrected chi connectivity index (χ0v) is 11.5. The molecule has 0 bridgehead atoms. The third-order valence-corrected chi connectivity index (χ3v) is 4.01. The van der Waals surface area contributed by atoms with Gasteiger partial charge < -0.3 is 14.8 Å². The summed E-state index contributed by atoms with van der Waals surface area (Å²) in [6.07, 6.45) is 3.64. The van der Waals surface area contributed by atoms with Crippen LogP contribution in [0.2, 0.25) is 0 Å². The van der Waals surface area contributed by atoms with E-state index in [-0.39, 0.29) is 5.54 Å². The molecule has 0 spiro atoms. The lowest BCUT2D eigenvalue weighted by molar-refractivity contribution is 0.195. The minimum absolute atomic E-state index is 0.171. The summed E-state index contributed by atoms with van der Waals surface area (Å²) in [5, 5.41) is 3.49. The predicted octanol–water partition coefficient (Wildman–Crippen LogP) is 2.83. The Morgan fingerprint density at radius 2 is 1.89 bits per heavy atom. The third-order valence-electron chi connectivity index (χ3n) is 3.50. The summed E-state index contributed by atoms with van der Waals surface area (Å²) in [5.74, 6) is 2.40. The van der Waals surface area contributed by atoms with Gasteiger partial charge in [-0.15, -0.1) is 11.6 Å². The molecule has 0 aromatic heterocycles. The maximum Gasteiger partial charge on any atom is 0.119 e. The zero-order chi connectivity index (χ0) is 12.8. The minimum atomic E-state index is 0.171. The first-order valence-electron chi connectivity index (χ1n) is 6.36. The van der Waals surface area contributed by atoms with E-state index in [0.717, 1.165) is 18.0 Å². The third kappa shape index (κ3) is 3.30. The molecular formula is C14H20ClNO2. The van der Waals surface area contributed by atoms with E-state index >= 15 is 0 Å². The highest BCUT2D eigenvalue weighted by molar-refractivity contribution is 6.18. The van der Waals surface area contributed by atoms with Crippen molar-refractivity contribution >= 4 is 11.6 Å². The van der Waals surface area contributed by atoms with Crippen molar-refractivity contribution in [3.05, 3.63) is 24.3 Å². The second kappa shape index (κ2) is 6.30. The highest BCUT2D eigenvalue weighted by atomic mass is 35.5. The topological polar surface area (TPSA) is 30.5 Å². The summed E-state index contributed by atoms with van der Waals surface area (Å²) >= 11 is 5.97. The maximum atomic E-state index is 5.97. The van der Waals surface area contributed by atoms with Gasteiger partial charge in [0.1, 0.15) is 18.1 Å². The number of nitrogens with one attached hydrogen (secondary N) is 1. The van der Waals surface area contributed by atoms with Gasteiger partial charge in [0, 0.05) is 18.0 Å². The summed E-state index contributed by atoms with van der Waals surface area (Å²) in [4.78, 5) is 0. The van der Waals surface area contributed by atoms with Crippen molar-refractivity contribution in [1.29, 1.82) is 0 Å². The van der Waals surface area contributed by atoms with Gasteiger partial charge in [0.25, 0.3) is 0 Å². The molecule has 0 radical (unpaired) electrons. The van der Waals surface area contributed by atoms with Gasteiger partial charge in [0.05, 0.1) is 7.11 Å². The van der Waals surface area contributed by atoms with Crippen molar-refractivity contribution in [1.82, 2.24) is 5.32 Å². The zero-order valence-electron chi connectivity index (χ0n) is 10.7. The van der Waals surface area contributed by atoms with E-state index in [0.29, 0.717) is 12.5 Å². The standard InChI is InChI=1S/C14H20ClNO2/c1-17-12-3-5-13(6-4-12)18-10-9-16-14(11-15)7-2-8-14/h3-6,16H,2,7-11H2,1H3. The minimum Gasteiger partial charge on any atom is -0.497 e. The Morgan fingerprint density at radius 3 is 2.39 bits per heavy atom. The van der Waals surface area contributed by atoms with Crippen LogP contribution in [0.1, 0.15) is 19.3 Å². The molecule has 1 aliphatic carbocycles. The number of halogens is 1. The van der Waals surface area contributed by atoms with E-state index in [1.807, 2.05) is 24.3 Å². The van der Waals surface area contributed by atoms with Crippen molar-refractivity contribution in [2.45, 2.75) is 24.8 Å². The van der Waals surface area contributed by atoms with Gasteiger partial charge >= 0.3 is 0 Å². The van der Waals surface area contributed by atoms with Crippen molar-refractivity contribution in [2.75, 3.05) is 26.1 Å². The monoisotopic (exact) mass is 269 g/mol. The van der Waals surface area contributed by atoms with Gasteiger partial charge in [-0.3, -0.25) is 0 Å². The molecule has 1 N–H and O–H groups in total. The molecule has 0 saturated heterocycles. The molecule has 0 heterocycles. The first-order valence-corrected chi connectivity index (χ1v) is 6.89. The molecule has 1 fully saturated rings. The molecule has 4 heteroatoms. The number of hydrogen-bond acceptors (Lipinski definition) is 3. The number of benzene rings is 1. The number of alkyl halides is 1. The van der Waals surface area contributed by atoms with Crippen LogP contribution in [0.5, 0.6) is 11.5 Å². The molecule has 2 rings (SSSR count). The van der Waals surface area contributed by atoms with Crippen LogP contribution in [-0.4, -0.2) is 31.7 Å². The van der Waals surface area contributed by atoms with Crippen molar-refractivity contribution in [2.24, 2.45) is 0 Å². The van der Waals surface area contributed by atoms with E-state index in [2.05, 4.69) is 5.32 Å². The second-order valence-electron chi connectivity index (χ2n) is 4.72. The second-order valence-corrected chi connectivity index (χ2v) is 4.99. The van der Waals surface area contributed by atoms with Crippen LogP contribution < -0.4 is 14.8 Å². The number of hydrogen-bond donors (Lipinski definition) is 1. The first kappa shape index (κ1) is 13.5. The lowest BCUT2D eigenvalue weighted by atomic mass is 9.78. The maximum absolute atomic E-state index is 5.97. The average molecular weight is 270 g/mol. The smallest absolute Gasteiger partial charge is 0.119 e. The molecule has 1 saturated carbocycles. The highest BCUT2D eigenvalue weighted by Crippen LogP contribution is 2.32. The highest BCUT2D eigenvalue weighted by Gasteiger charge is 2.35. The summed E-state index contributed by atoms with van der Waals surface area (Å²) < 4.78 is 10.7. The molecule has 1 aromatic rings. The fourth-order valence-electron chi connectivity index (χ4n) is 2.12. The SMILES string of the molecule is COc1ccc(OCCNC2(CCl)CCC2)cc1. The number of ether oxygens (including phenoxy) is 2. The number of rotatable bonds is 7. The van der Waals surface area contributed by atoms with E-state index in [4.69, 9.17) is 21.1 Å². The molecule has 1 aromatic carbocycles. The largest absolute Gasteiger partial charge is 0.497 e. The van der Waals surface area contributed by atoms with Gasteiger partial charge in [0.15, 0.2) is 0 Å². The Kier molecular flexibility index (Phi) is 4.72. The molecule has 1 aliphatic rings. The molecule has 0 amide bonds. The van der Waals surface area contributed by atoms with E-state index in [9.17, 15) is 0 Å². The molecule has 100 valence electrons. The van der Waals surface area contributed by atoms with Crippen LogP contribution in [0, 0.1) is 0 Å². The predicted molar refractivity (Wildman–Crippen MR) is 73.8 cm³/mol. The van der Waals surface area contributed by atoms with Crippen LogP contribution in [0.15, 0.2) is 24.3 Å². The van der Waals surface area contributed by atoms with E-state index < -0.39 is 0 Å². The lowest BCUT2D eigenvalue weighted by Crippen LogP contribution is -2.53. The average Bonchev–Trinajstić information content (AvgIpc) is 2.38. The Labute approximate surface area is 113 Å². The van der Waals surface area contributed by atoms with Gasteiger partial charge in [-0.2, -0.15) is 0 Å². The summed E-state index contributed by atoms with van der Waals surface area (Å²) in [7, 11) is 1.66. The van der Waals surface area contributed by atoms with Crippen molar-refractivity contribution in [3.8, 4) is 11.5 Å². The Balaban J connectivity index is 1.68.